The van der Waals surface area contributed by atoms with E-state index >= 15 is 0 Å². The van der Waals surface area contributed by atoms with Crippen molar-refractivity contribution in [2.45, 2.75) is 0 Å². The van der Waals surface area contributed by atoms with Crippen molar-refractivity contribution in [2.24, 2.45) is 0 Å². The van der Waals surface area contributed by atoms with Crippen LogP contribution in [0.25, 0.3) is 10.9 Å². The fraction of sp³-hybridized carbons (Fsp3) is 0. The largest absolute Gasteiger partial charge is 0.545 e. The minimum absolute atomic E-state index is 0.135. The number of carboxylic acids is 1. The van der Waals surface area contributed by atoms with Crippen molar-refractivity contribution in [1.82, 2.24) is 9.97 Å². The van der Waals surface area contributed by atoms with Gasteiger partial charge in [-0.25, -0.2) is 9.97 Å². The zero-order valence-electron chi connectivity index (χ0n) is 10.7. The molecule has 0 unspecified atom stereocenters. The van der Waals surface area contributed by atoms with Crippen molar-refractivity contribution in [1.29, 1.82) is 0 Å². The molecule has 0 fully saturated rings. The summed E-state index contributed by atoms with van der Waals surface area (Å²) in [6, 6.07) is 12.0. The molecule has 0 amide bonds. The van der Waals surface area contributed by atoms with Gasteiger partial charge in [-0.05, 0) is 35.9 Å². The summed E-state index contributed by atoms with van der Waals surface area (Å²) in [7, 11) is 0. The van der Waals surface area contributed by atoms with E-state index < -0.39 is 5.97 Å². The number of carboxylic acid groups (broad SMARTS) is 1. The molecule has 0 aliphatic heterocycles. The van der Waals surface area contributed by atoms with Gasteiger partial charge in [-0.15, -0.1) is 0 Å². The number of fused-ring (bicyclic) bond motifs is 1. The van der Waals surface area contributed by atoms with Gasteiger partial charge in [0.25, 0.3) is 0 Å². The van der Waals surface area contributed by atoms with Crippen LogP contribution in [-0.4, -0.2) is 15.9 Å². The van der Waals surface area contributed by atoms with Gasteiger partial charge in [0.2, 0.25) is 0 Å². The first-order valence-electron chi connectivity index (χ1n) is 6.12. The molecule has 21 heavy (non-hydrogen) atoms. The topological polar surface area (TPSA) is 77.9 Å². The van der Waals surface area contributed by atoms with Crippen LogP contribution < -0.4 is 10.4 Å². The van der Waals surface area contributed by atoms with Crippen LogP contribution in [0.5, 0.6) is 0 Å². The number of halogens is 1. The van der Waals surface area contributed by atoms with Crippen LogP contribution in [0.2, 0.25) is 0 Å². The maximum Gasteiger partial charge on any atom is 0.141 e. The second kappa shape index (κ2) is 5.49. The average molecular weight is 343 g/mol. The van der Waals surface area contributed by atoms with E-state index in [4.69, 9.17) is 0 Å². The second-order valence-electron chi connectivity index (χ2n) is 4.37. The van der Waals surface area contributed by atoms with Gasteiger partial charge in [0.15, 0.2) is 0 Å². The van der Waals surface area contributed by atoms with Crippen LogP contribution in [0.15, 0.2) is 53.3 Å². The Labute approximate surface area is 128 Å². The highest BCUT2D eigenvalue weighted by atomic mass is 79.9. The molecule has 3 rings (SSSR count). The third-order valence-electron chi connectivity index (χ3n) is 2.98. The lowest BCUT2D eigenvalue weighted by atomic mass is 10.2. The molecule has 1 aromatic heterocycles. The molecule has 1 heterocycles. The molecular weight excluding hydrogens is 334 g/mol. The van der Waals surface area contributed by atoms with Crippen LogP contribution in [-0.2, 0) is 0 Å². The number of rotatable bonds is 3. The van der Waals surface area contributed by atoms with E-state index in [0.717, 1.165) is 21.1 Å². The van der Waals surface area contributed by atoms with E-state index in [1.807, 2.05) is 18.2 Å². The van der Waals surface area contributed by atoms with Crippen molar-refractivity contribution in [3.63, 3.8) is 0 Å². The molecule has 104 valence electrons. The summed E-state index contributed by atoms with van der Waals surface area (Å²) in [5, 5.41) is 14.8. The molecule has 2 aromatic carbocycles. The number of benzene rings is 2. The summed E-state index contributed by atoms with van der Waals surface area (Å²) >= 11 is 3.42. The van der Waals surface area contributed by atoms with E-state index in [0.29, 0.717) is 5.82 Å². The van der Waals surface area contributed by atoms with Crippen molar-refractivity contribution < 1.29 is 9.90 Å². The zero-order chi connectivity index (χ0) is 14.8. The fourth-order valence-electron chi connectivity index (χ4n) is 1.95. The maximum absolute atomic E-state index is 10.7. The van der Waals surface area contributed by atoms with Gasteiger partial charge in [-0.2, -0.15) is 0 Å². The van der Waals surface area contributed by atoms with Crippen LogP contribution >= 0.6 is 15.9 Å². The summed E-state index contributed by atoms with van der Waals surface area (Å²) in [6.45, 7) is 0. The van der Waals surface area contributed by atoms with Crippen molar-refractivity contribution in [3.8, 4) is 0 Å². The quantitative estimate of drug-likeness (QED) is 0.791. The molecule has 0 saturated heterocycles. The monoisotopic (exact) mass is 342 g/mol. The first kappa shape index (κ1) is 13.5. The molecule has 6 heteroatoms. The van der Waals surface area contributed by atoms with E-state index in [1.54, 1.807) is 12.1 Å². The van der Waals surface area contributed by atoms with Gasteiger partial charge in [-0.3, -0.25) is 0 Å². The number of hydrogen-bond donors (Lipinski definition) is 1. The molecule has 1 N–H and O–H groups in total. The lowest BCUT2D eigenvalue weighted by molar-refractivity contribution is -0.255. The third-order valence-corrected chi connectivity index (χ3v) is 3.47. The third kappa shape index (κ3) is 2.85. The summed E-state index contributed by atoms with van der Waals surface area (Å²) < 4.78 is 0.931. The molecule has 0 aliphatic carbocycles. The molecule has 0 atom stereocenters. The smallest absolute Gasteiger partial charge is 0.141 e. The maximum atomic E-state index is 10.7. The van der Waals surface area contributed by atoms with Crippen LogP contribution in [0.3, 0.4) is 0 Å². The minimum Gasteiger partial charge on any atom is -0.545 e. The number of carbonyl (C=O) groups is 1. The number of nitrogens with one attached hydrogen (secondary N) is 1. The lowest BCUT2D eigenvalue weighted by Gasteiger charge is -2.09. The molecule has 0 radical (unpaired) electrons. The Morgan fingerprint density at radius 2 is 1.86 bits per heavy atom. The van der Waals surface area contributed by atoms with Gasteiger partial charge in [0.05, 0.1) is 11.5 Å². The van der Waals surface area contributed by atoms with Gasteiger partial charge in [0, 0.05) is 15.5 Å². The molecule has 0 saturated carbocycles. The van der Waals surface area contributed by atoms with Crippen LogP contribution in [0.4, 0.5) is 11.5 Å². The van der Waals surface area contributed by atoms with Crippen molar-refractivity contribution >= 4 is 44.3 Å². The molecule has 0 aliphatic rings. The highest BCUT2D eigenvalue weighted by molar-refractivity contribution is 9.10. The first-order valence-corrected chi connectivity index (χ1v) is 6.91. The molecular formula is C15H9BrN3O2-. The first-order chi connectivity index (χ1) is 10.1. The average Bonchev–Trinajstić information content (AvgIpc) is 2.48. The minimum atomic E-state index is -1.20. The predicted molar refractivity (Wildman–Crippen MR) is 81.3 cm³/mol. The Bertz CT molecular complexity index is 819. The van der Waals surface area contributed by atoms with Gasteiger partial charge >= 0.3 is 0 Å². The van der Waals surface area contributed by atoms with Crippen molar-refractivity contribution in [3.05, 3.63) is 58.8 Å². The summed E-state index contributed by atoms with van der Waals surface area (Å²) in [4.78, 5) is 19.2. The van der Waals surface area contributed by atoms with E-state index in [-0.39, 0.29) is 5.56 Å². The SMILES string of the molecule is O=C([O-])c1ccc(Nc2ncnc3ccc(Br)cc23)cc1. The van der Waals surface area contributed by atoms with Gasteiger partial charge < -0.3 is 15.2 Å². The normalized spacial score (nSPS) is 10.5. The number of carbonyl (C=O) groups excluding carboxylic acids is 1. The van der Waals surface area contributed by atoms with Crippen molar-refractivity contribution in [2.75, 3.05) is 5.32 Å². The number of anilines is 2. The van der Waals surface area contributed by atoms with E-state index in [9.17, 15) is 9.90 Å². The number of aromatic nitrogens is 2. The Morgan fingerprint density at radius 3 is 2.57 bits per heavy atom. The van der Waals surface area contributed by atoms with Gasteiger partial charge in [0.1, 0.15) is 12.1 Å². The number of nitrogens with zero attached hydrogens (tertiary/aromatic N) is 2. The molecule has 0 bridgehead atoms. The lowest BCUT2D eigenvalue weighted by Crippen LogP contribution is -2.21. The zero-order valence-corrected chi connectivity index (χ0v) is 12.3. The van der Waals surface area contributed by atoms with E-state index in [1.165, 1.54) is 18.5 Å². The van der Waals surface area contributed by atoms with Crippen LogP contribution in [0, 0.1) is 0 Å². The number of hydrogen-bond acceptors (Lipinski definition) is 5. The standard InChI is InChI=1S/C15H10BrN3O2/c16-10-3-6-13-12(7-10)14(18-8-17-13)19-11-4-1-9(2-5-11)15(20)21/h1-8H,(H,20,21)(H,17,18,19)/p-1. The summed E-state index contributed by atoms with van der Waals surface area (Å²) in [5.41, 5.74) is 1.69. The Balaban J connectivity index is 1.97. The fourth-order valence-corrected chi connectivity index (χ4v) is 2.32. The number of aromatic carboxylic acids is 1. The Hall–Kier alpha value is -2.47. The summed E-state index contributed by atoms with van der Waals surface area (Å²) in [5.74, 6) is -0.541. The highest BCUT2D eigenvalue weighted by Crippen LogP contribution is 2.25. The van der Waals surface area contributed by atoms with Crippen LogP contribution in [0.1, 0.15) is 10.4 Å². The Morgan fingerprint density at radius 1 is 1.10 bits per heavy atom. The molecule has 3 aromatic rings. The highest BCUT2D eigenvalue weighted by Gasteiger charge is 2.05. The Kier molecular flexibility index (Phi) is 3.53. The summed E-state index contributed by atoms with van der Waals surface area (Å²) in [6.07, 6.45) is 1.48. The molecule has 5 nitrogen and oxygen atoms in total. The van der Waals surface area contributed by atoms with E-state index in [2.05, 4.69) is 31.2 Å². The second-order valence-corrected chi connectivity index (χ2v) is 5.29. The molecule has 0 spiro atoms. The van der Waals surface area contributed by atoms with Gasteiger partial charge in [-0.1, -0.05) is 28.1 Å². The predicted octanol–water partition coefficient (Wildman–Crippen LogP) is 2.50.